The molecule has 0 aliphatic carbocycles. The molecule has 1 unspecified atom stereocenters. The molecule has 1 rings (SSSR count). The van der Waals surface area contributed by atoms with Gasteiger partial charge >= 0.3 is 0 Å². The highest BCUT2D eigenvalue weighted by molar-refractivity contribution is 7.99. The summed E-state index contributed by atoms with van der Waals surface area (Å²) in [5.41, 5.74) is 0.980. The third kappa shape index (κ3) is 4.26. The van der Waals surface area contributed by atoms with Crippen LogP contribution in [0.4, 0.5) is 0 Å². The number of aliphatic hydroxyl groups is 1. The molecular formula is C11H20N2OS. The Morgan fingerprint density at radius 3 is 2.80 bits per heavy atom. The molecular weight excluding hydrogens is 208 g/mol. The fourth-order valence-corrected chi connectivity index (χ4v) is 1.95. The molecule has 0 fully saturated rings. The summed E-state index contributed by atoms with van der Waals surface area (Å²) in [6, 6.07) is 2.38. The predicted molar refractivity (Wildman–Crippen MR) is 65.3 cm³/mol. The van der Waals surface area contributed by atoms with Crippen LogP contribution in [0.3, 0.4) is 0 Å². The Labute approximate surface area is 95.9 Å². The molecule has 4 heteroatoms. The molecule has 0 aliphatic heterocycles. The van der Waals surface area contributed by atoms with Crippen LogP contribution in [-0.2, 0) is 6.42 Å². The highest BCUT2D eigenvalue weighted by Gasteiger charge is 2.08. The first-order chi connectivity index (χ1) is 7.13. The number of nitrogens with zero attached hydrogens (tertiary/aromatic N) is 2. The third-order valence-corrected chi connectivity index (χ3v) is 3.18. The number of hydrogen-bond donors (Lipinski definition) is 1. The van der Waals surface area contributed by atoms with Crippen molar-refractivity contribution >= 4 is 11.8 Å². The van der Waals surface area contributed by atoms with E-state index < -0.39 is 0 Å². The summed E-state index contributed by atoms with van der Waals surface area (Å²) in [5, 5.41) is 14.1. The highest BCUT2D eigenvalue weighted by Crippen LogP contribution is 2.09. The molecule has 15 heavy (non-hydrogen) atoms. The molecule has 0 radical (unpaired) electrons. The van der Waals surface area contributed by atoms with Gasteiger partial charge in [-0.15, -0.1) is 0 Å². The molecule has 0 aromatic carbocycles. The summed E-state index contributed by atoms with van der Waals surface area (Å²) in [7, 11) is 0. The van der Waals surface area contributed by atoms with Gasteiger partial charge in [-0.2, -0.15) is 16.9 Å². The van der Waals surface area contributed by atoms with Crippen molar-refractivity contribution in [3.63, 3.8) is 0 Å². The lowest BCUT2D eigenvalue weighted by atomic mass is 10.2. The second kappa shape index (κ2) is 6.18. The van der Waals surface area contributed by atoms with Crippen molar-refractivity contribution in [2.75, 3.05) is 11.5 Å². The van der Waals surface area contributed by atoms with Gasteiger partial charge in [-0.25, -0.2) is 0 Å². The molecule has 1 aromatic heterocycles. The van der Waals surface area contributed by atoms with Gasteiger partial charge < -0.3 is 5.11 Å². The van der Waals surface area contributed by atoms with E-state index in [1.165, 1.54) is 0 Å². The molecule has 1 heterocycles. The largest absolute Gasteiger partial charge is 0.392 e. The van der Waals surface area contributed by atoms with E-state index in [9.17, 15) is 5.11 Å². The van der Waals surface area contributed by atoms with Gasteiger partial charge in [0.05, 0.1) is 11.8 Å². The zero-order valence-corrected chi connectivity index (χ0v) is 10.5. The standard InChI is InChI=1S/C11H20N2OS/c1-4-15-8-11(14)7-10-5-6-13(12-10)9(2)3/h5-6,9,11,14H,4,7-8H2,1-3H3. The van der Waals surface area contributed by atoms with Crippen molar-refractivity contribution in [1.29, 1.82) is 0 Å². The maximum Gasteiger partial charge on any atom is 0.0686 e. The van der Waals surface area contributed by atoms with E-state index in [0.29, 0.717) is 12.5 Å². The summed E-state index contributed by atoms with van der Waals surface area (Å²) >= 11 is 1.76. The molecule has 1 aromatic rings. The van der Waals surface area contributed by atoms with Gasteiger partial charge in [0.15, 0.2) is 0 Å². The van der Waals surface area contributed by atoms with Crippen LogP contribution in [0.25, 0.3) is 0 Å². The van der Waals surface area contributed by atoms with Gasteiger partial charge in [0.2, 0.25) is 0 Å². The van der Waals surface area contributed by atoms with Crippen molar-refractivity contribution in [3.8, 4) is 0 Å². The van der Waals surface area contributed by atoms with E-state index >= 15 is 0 Å². The van der Waals surface area contributed by atoms with Crippen LogP contribution in [0.5, 0.6) is 0 Å². The van der Waals surface area contributed by atoms with E-state index in [4.69, 9.17) is 0 Å². The SMILES string of the molecule is CCSCC(O)Cc1ccn(C(C)C)n1. The van der Waals surface area contributed by atoms with Gasteiger partial charge in [0.1, 0.15) is 0 Å². The number of aromatic nitrogens is 2. The van der Waals surface area contributed by atoms with Crippen LogP contribution in [-0.4, -0.2) is 32.5 Å². The van der Waals surface area contributed by atoms with Gasteiger partial charge in [-0.3, -0.25) is 4.68 Å². The zero-order valence-electron chi connectivity index (χ0n) is 9.68. The van der Waals surface area contributed by atoms with Crippen LogP contribution in [0.2, 0.25) is 0 Å². The highest BCUT2D eigenvalue weighted by atomic mass is 32.2. The molecule has 0 bridgehead atoms. The minimum absolute atomic E-state index is 0.273. The number of rotatable bonds is 6. The van der Waals surface area contributed by atoms with Crippen molar-refractivity contribution in [3.05, 3.63) is 18.0 Å². The van der Waals surface area contributed by atoms with Crippen molar-refractivity contribution in [2.24, 2.45) is 0 Å². The molecule has 0 spiro atoms. The van der Waals surface area contributed by atoms with Crippen LogP contribution in [0.15, 0.2) is 12.3 Å². The molecule has 1 N–H and O–H groups in total. The van der Waals surface area contributed by atoms with E-state index in [2.05, 4.69) is 25.9 Å². The summed E-state index contributed by atoms with van der Waals surface area (Å²) in [4.78, 5) is 0. The summed E-state index contributed by atoms with van der Waals surface area (Å²) in [5.74, 6) is 1.85. The van der Waals surface area contributed by atoms with Crippen LogP contribution >= 0.6 is 11.8 Å². The van der Waals surface area contributed by atoms with Crippen molar-refractivity contribution in [2.45, 2.75) is 39.3 Å². The Balaban J connectivity index is 2.42. The van der Waals surface area contributed by atoms with Crippen LogP contribution < -0.4 is 0 Å². The number of thioether (sulfide) groups is 1. The van der Waals surface area contributed by atoms with E-state index in [-0.39, 0.29) is 6.10 Å². The third-order valence-electron chi connectivity index (χ3n) is 2.15. The lowest BCUT2D eigenvalue weighted by molar-refractivity contribution is 0.198. The first kappa shape index (κ1) is 12.6. The van der Waals surface area contributed by atoms with E-state index in [1.807, 2.05) is 16.9 Å². The van der Waals surface area contributed by atoms with Gasteiger partial charge in [0, 0.05) is 24.4 Å². The Morgan fingerprint density at radius 1 is 1.53 bits per heavy atom. The van der Waals surface area contributed by atoms with Crippen LogP contribution in [0, 0.1) is 0 Å². The molecule has 0 aliphatic rings. The van der Waals surface area contributed by atoms with Crippen LogP contribution in [0.1, 0.15) is 32.5 Å². The average molecular weight is 228 g/mol. The predicted octanol–water partition coefficient (Wildman–Crippen LogP) is 2.12. The smallest absolute Gasteiger partial charge is 0.0686 e. The second-order valence-corrected chi connectivity index (χ2v) is 5.22. The minimum atomic E-state index is -0.273. The topological polar surface area (TPSA) is 38.0 Å². The summed E-state index contributed by atoms with van der Waals surface area (Å²) in [6.07, 6.45) is 2.36. The normalized spacial score (nSPS) is 13.4. The molecule has 0 saturated carbocycles. The second-order valence-electron chi connectivity index (χ2n) is 3.90. The lowest BCUT2D eigenvalue weighted by Crippen LogP contribution is -2.14. The average Bonchev–Trinajstić information content (AvgIpc) is 2.63. The molecule has 0 amide bonds. The first-order valence-corrected chi connectivity index (χ1v) is 6.58. The Morgan fingerprint density at radius 2 is 2.27 bits per heavy atom. The van der Waals surface area contributed by atoms with Gasteiger partial charge in [-0.05, 0) is 25.7 Å². The van der Waals surface area contributed by atoms with Gasteiger partial charge in [0.25, 0.3) is 0 Å². The quantitative estimate of drug-likeness (QED) is 0.810. The fraction of sp³-hybridized carbons (Fsp3) is 0.727. The minimum Gasteiger partial charge on any atom is -0.392 e. The molecule has 86 valence electrons. The zero-order chi connectivity index (χ0) is 11.3. The summed E-state index contributed by atoms with van der Waals surface area (Å²) < 4.78 is 1.93. The van der Waals surface area contributed by atoms with Crippen molar-refractivity contribution < 1.29 is 5.11 Å². The monoisotopic (exact) mass is 228 g/mol. The number of aliphatic hydroxyl groups excluding tert-OH is 1. The van der Waals surface area contributed by atoms with Crippen molar-refractivity contribution in [1.82, 2.24) is 9.78 Å². The maximum absolute atomic E-state index is 9.71. The maximum atomic E-state index is 9.71. The van der Waals surface area contributed by atoms with E-state index in [0.717, 1.165) is 17.2 Å². The summed E-state index contributed by atoms with van der Waals surface area (Å²) in [6.45, 7) is 6.30. The lowest BCUT2D eigenvalue weighted by Gasteiger charge is -2.08. The van der Waals surface area contributed by atoms with E-state index in [1.54, 1.807) is 11.8 Å². The molecule has 3 nitrogen and oxygen atoms in total. The Hall–Kier alpha value is -0.480. The Bertz CT molecular complexity index is 286. The van der Waals surface area contributed by atoms with Gasteiger partial charge in [-0.1, -0.05) is 6.92 Å². The first-order valence-electron chi connectivity index (χ1n) is 5.43. The fourth-order valence-electron chi connectivity index (χ4n) is 1.33. The Kier molecular flexibility index (Phi) is 5.19. The molecule has 0 saturated heterocycles. The number of hydrogen-bond acceptors (Lipinski definition) is 3. The molecule has 1 atom stereocenters.